The average molecular weight is 328 g/mol. The Labute approximate surface area is 142 Å². The van der Waals surface area contributed by atoms with Gasteiger partial charge in [0.2, 0.25) is 0 Å². The highest BCUT2D eigenvalue weighted by Crippen LogP contribution is 2.11. The maximum atomic E-state index is 11.9. The molecule has 2 rings (SSSR count). The van der Waals surface area contributed by atoms with E-state index in [1.807, 2.05) is 35.0 Å². The molecule has 0 bridgehead atoms. The highest BCUT2D eigenvalue weighted by molar-refractivity contribution is 6.39. The minimum Gasteiger partial charge on any atom is -0.348 e. The molecule has 0 saturated carbocycles. The number of imidazole rings is 1. The number of carbonyl (C=O) groups excluding carboxylic acids is 2. The summed E-state index contributed by atoms with van der Waals surface area (Å²) in [5.74, 6) is -1.25. The molecule has 0 aliphatic carbocycles. The Morgan fingerprint density at radius 2 is 1.92 bits per heavy atom. The zero-order valence-corrected chi connectivity index (χ0v) is 14.0. The summed E-state index contributed by atoms with van der Waals surface area (Å²) in [4.78, 5) is 27.6. The second kappa shape index (κ2) is 9.50. The van der Waals surface area contributed by atoms with Crippen LogP contribution >= 0.6 is 0 Å². The summed E-state index contributed by atoms with van der Waals surface area (Å²) in [6.07, 6.45) is 9.35. The Morgan fingerprint density at radius 1 is 1.12 bits per heavy atom. The van der Waals surface area contributed by atoms with E-state index in [2.05, 4.69) is 22.5 Å². The van der Waals surface area contributed by atoms with E-state index in [0.29, 0.717) is 12.2 Å². The molecular formula is C18H24N4O2. The van der Waals surface area contributed by atoms with E-state index in [1.54, 1.807) is 12.5 Å². The van der Waals surface area contributed by atoms with Crippen LogP contribution in [0.4, 0.5) is 5.69 Å². The maximum Gasteiger partial charge on any atom is 0.313 e. The number of nitrogens with zero attached hydrogens (tertiary/aromatic N) is 2. The molecule has 1 heterocycles. The molecule has 24 heavy (non-hydrogen) atoms. The first-order chi connectivity index (χ1) is 11.7. The number of benzene rings is 1. The summed E-state index contributed by atoms with van der Waals surface area (Å²) < 4.78 is 1.92. The fourth-order valence-corrected chi connectivity index (χ4v) is 2.29. The van der Waals surface area contributed by atoms with Crippen molar-refractivity contribution in [2.75, 3.05) is 11.9 Å². The lowest BCUT2D eigenvalue weighted by molar-refractivity contribution is -0.136. The summed E-state index contributed by atoms with van der Waals surface area (Å²) in [6.45, 7) is 3.35. The molecule has 0 saturated heterocycles. The van der Waals surface area contributed by atoms with Crippen LogP contribution in [0.1, 0.15) is 31.7 Å². The normalized spacial score (nSPS) is 10.4. The topological polar surface area (TPSA) is 76.0 Å². The molecule has 1 aromatic carbocycles. The van der Waals surface area contributed by atoms with E-state index in [-0.39, 0.29) is 0 Å². The van der Waals surface area contributed by atoms with Gasteiger partial charge in [-0.25, -0.2) is 4.98 Å². The molecule has 2 N–H and O–H groups in total. The molecular weight excluding hydrogens is 304 g/mol. The van der Waals surface area contributed by atoms with Gasteiger partial charge in [-0.3, -0.25) is 9.59 Å². The van der Waals surface area contributed by atoms with E-state index in [1.165, 1.54) is 5.56 Å². The Bertz CT molecular complexity index is 636. The van der Waals surface area contributed by atoms with Crippen molar-refractivity contribution in [3.05, 3.63) is 48.5 Å². The molecule has 0 aliphatic heterocycles. The van der Waals surface area contributed by atoms with Crippen LogP contribution in [-0.2, 0) is 22.6 Å². The van der Waals surface area contributed by atoms with Crippen molar-refractivity contribution in [2.45, 2.75) is 39.2 Å². The molecule has 0 fully saturated rings. The third kappa shape index (κ3) is 5.87. The SMILES string of the molecule is CCCCc1ccc(NC(=O)C(=O)NCCCn2ccnc2)cc1. The molecule has 0 unspecified atom stereocenters. The first-order valence-corrected chi connectivity index (χ1v) is 8.33. The van der Waals surface area contributed by atoms with Gasteiger partial charge in [0.1, 0.15) is 0 Å². The summed E-state index contributed by atoms with van der Waals surface area (Å²) >= 11 is 0. The van der Waals surface area contributed by atoms with Gasteiger partial charge < -0.3 is 15.2 Å². The minimum atomic E-state index is -0.640. The third-order valence-electron chi connectivity index (χ3n) is 3.67. The Hall–Kier alpha value is -2.63. The number of anilines is 1. The second-order valence-corrected chi connectivity index (χ2v) is 5.66. The number of unbranched alkanes of at least 4 members (excludes halogenated alkanes) is 1. The first-order valence-electron chi connectivity index (χ1n) is 8.33. The number of amides is 2. The standard InChI is InChI=1S/C18H24N4O2/c1-2-3-5-15-6-8-16(9-7-15)21-18(24)17(23)20-10-4-12-22-13-11-19-14-22/h6-9,11,13-14H,2-5,10,12H2,1H3,(H,20,23)(H,21,24). The van der Waals surface area contributed by atoms with E-state index < -0.39 is 11.8 Å². The number of hydrogen-bond acceptors (Lipinski definition) is 3. The highest BCUT2D eigenvalue weighted by atomic mass is 16.2. The van der Waals surface area contributed by atoms with Crippen LogP contribution < -0.4 is 10.6 Å². The number of aromatic nitrogens is 2. The predicted molar refractivity (Wildman–Crippen MR) is 93.5 cm³/mol. The highest BCUT2D eigenvalue weighted by Gasteiger charge is 2.12. The van der Waals surface area contributed by atoms with Gasteiger partial charge in [0.05, 0.1) is 6.33 Å². The summed E-state index contributed by atoms with van der Waals surface area (Å²) in [5.41, 5.74) is 1.87. The quantitative estimate of drug-likeness (QED) is 0.577. The van der Waals surface area contributed by atoms with Crippen molar-refractivity contribution >= 4 is 17.5 Å². The number of nitrogens with one attached hydrogen (secondary N) is 2. The molecule has 0 atom stereocenters. The number of aryl methyl sites for hydroxylation is 2. The van der Waals surface area contributed by atoms with Crippen LogP contribution in [0.15, 0.2) is 43.0 Å². The Kier molecular flexibility index (Phi) is 7.01. The van der Waals surface area contributed by atoms with Crippen molar-refractivity contribution in [3.63, 3.8) is 0 Å². The second-order valence-electron chi connectivity index (χ2n) is 5.66. The molecule has 0 aliphatic rings. The Balaban J connectivity index is 1.69. The largest absolute Gasteiger partial charge is 0.348 e. The van der Waals surface area contributed by atoms with Crippen molar-refractivity contribution in [1.82, 2.24) is 14.9 Å². The van der Waals surface area contributed by atoms with E-state index in [9.17, 15) is 9.59 Å². The zero-order valence-electron chi connectivity index (χ0n) is 14.0. The summed E-state index contributed by atoms with van der Waals surface area (Å²) in [5, 5.41) is 5.23. The van der Waals surface area contributed by atoms with Crippen molar-refractivity contribution < 1.29 is 9.59 Å². The molecule has 1 aromatic heterocycles. The van der Waals surface area contributed by atoms with E-state index in [4.69, 9.17) is 0 Å². The van der Waals surface area contributed by atoms with Gasteiger partial charge in [0.15, 0.2) is 0 Å². The van der Waals surface area contributed by atoms with E-state index >= 15 is 0 Å². The van der Waals surface area contributed by atoms with Crippen molar-refractivity contribution in [3.8, 4) is 0 Å². The lowest BCUT2D eigenvalue weighted by Crippen LogP contribution is -2.36. The van der Waals surface area contributed by atoms with Crippen molar-refractivity contribution in [1.29, 1.82) is 0 Å². The van der Waals surface area contributed by atoms with Gasteiger partial charge in [-0.2, -0.15) is 0 Å². The molecule has 6 nitrogen and oxygen atoms in total. The lowest BCUT2D eigenvalue weighted by Gasteiger charge is -2.08. The third-order valence-corrected chi connectivity index (χ3v) is 3.67. The number of rotatable bonds is 8. The van der Waals surface area contributed by atoms with Crippen LogP contribution in [0.2, 0.25) is 0 Å². The predicted octanol–water partition coefficient (Wildman–Crippen LogP) is 2.37. The summed E-state index contributed by atoms with van der Waals surface area (Å²) in [6, 6.07) is 7.62. The maximum absolute atomic E-state index is 11.9. The van der Waals surface area contributed by atoms with Crippen LogP contribution in [0.5, 0.6) is 0 Å². The number of hydrogen-bond donors (Lipinski definition) is 2. The molecule has 128 valence electrons. The van der Waals surface area contributed by atoms with Gasteiger partial charge in [-0.15, -0.1) is 0 Å². The van der Waals surface area contributed by atoms with Crippen LogP contribution in [0.3, 0.4) is 0 Å². The van der Waals surface area contributed by atoms with Gasteiger partial charge in [0, 0.05) is 31.2 Å². The van der Waals surface area contributed by atoms with Gasteiger partial charge >= 0.3 is 11.8 Å². The van der Waals surface area contributed by atoms with Gasteiger partial charge in [0.25, 0.3) is 0 Å². The molecule has 0 radical (unpaired) electrons. The molecule has 0 spiro atoms. The fraction of sp³-hybridized carbons (Fsp3) is 0.389. The lowest BCUT2D eigenvalue weighted by atomic mass is 10.1. The number of carbonyl (C=O) groups is 2. The summed E-state index contributed by atoms with van der Waals surface area (Å²) in [7, 11) is 0. The van der Waals surface area contributed by atoms with Crippen LogP contribution in [0.25, 0.3) is 0 Å². The first kappa shape index (κ1) is 17.7. The average Bonchev–Trinajstić information content (AvgIpc) is 3.11. The van der Waals surface area contributed by atoms with Gasteiger partial charge in [-0.1, -0.05) is 25.5 Å². The van der Waals surface area contributed by atoms with Gasteiger partial charge in [-0.05, 0) is 37.0 Å². The molecule has 2 aromatic rings. The van der Waals surface area contributed by atoms with Crippen molar-refractivity contribution in [2.24, 2.45) is 0 Å². The smallest absolute Gasteiger partial charge is 0.313 e. The molecule has 2 amide bonds. The van der Waals surface area contributed by atoms with E-state index in [0.717, 1.165) is 32.2 Å². The molecule has 6 heteroatoms. The minimum absolute atomic E-state index is 0.445. The Morgan fingerprint density at radius 3 is 2.58 bits per heavy atom. The van der Waals surface area contributed by atoms with Crippen LogP contribution in [0, 0.1) is 0 Å². The van der Waals surface area contributed by atoms with Crippen LogP contribution in [-0.4, -0.2) is 27.9 Å². The zero-order chi connectivity index (χ0) is 17.2. The monoisotopic (exact) mass is 328 g/mol. The fourth-order valence-electron chi connectivity index (χ4n) is 2.29.